The molecule has 2 rings (SSSR count). The van der Waals surface area contributed by atoms with Crippen LogP contribution in [0.4, 0.5) is 15.9 Å². The van der Waals surface area contributed by atoms with Gasteiger partial charge in [0.1, 0.15) is 5.82 Å². The van der Waals surface area contributed by atoms with Crippen molar-refractivity contribution in [2.75, 3.05) is 5.32 Å². The third kappa shape index (κ3) is 2.54. The lowest BCUT2D eigenvalue weighted by molar-refractivity contribution is 0.0691. The number of rotatable bonds is 3. The van der Waals surface area contributed by atoms with Crippen LogP contribution in [0.15, 0.2) is 30.6 Å². The fourth-order valence-electron chi connectivity index (χ4n) is 1.30. The molecule has 0 aliphatic rings. The molecular formula is C11H7ClFN3O2. The molecule has 0 aliphatic heterocycles. The van der Waals surface area contributed by atoms with Crippen LogP contribution < -0.4 is 5.32 Å². The highest BCUT2D eigenvalue weighted by atomic mass is 35.5. The molecule has 92 valence electrons. The Morgan fingerprint density at radius 2 is 2.06 bits per heavy atom. The van der Waals surface area contributed by atoms with Crippen molar-refractivity contribution in [2.45, 2.75) is 0 Å². The molecule has 0 atom stereocenters. The number of aromatic carboxylic acids is 1. The van der Waals surface area contributed by atoms with Crippen LogP contribution in [-0.4, -0.2) is 21.0 Å². The normalized spacial score (nSPS) is 10.1. The third-order valence-electron chi connectivity index (χ3n) is 2.08. The summed E-state index contributed by atoms with van der Waals surface area (Å²) < 4.78 is 13.0. The van der Waals surface area contributed by atoms with Gasteiger partial charge in [0, 0.05) is 18.1 Å². The second-order valence-electron chi connectivity index (χ2n) is 3.31. The molecule has 5 nitrogen and oxygen atoms in total. The minimum absolute atomic E-state index is 0.0627. The third-order valence-corrected chi connectivity index (χ3v) is 2.37. The van der Waals surface area contributed by atoms with Gasteiger partial charge in [0.2, 0.25) is 0 Å². The summed E-state index contributed by atoms with van der Waals surface area (Å²) in [6.07, 6.45) is 2.62. The smallest absolute Gasteiger partial charge is 0.358 e. The van der Waals surface area contributed by atoms with Crippen molar-refractivity contribution in [3.8, 4) is 0 Å². The second kappa shape index (κ2) is 4.97. The van der Waals surface area contributed by atoms with Gasteiger partial charge < -0.3 is 10.4 Å². The van der Waals surface area contributed by atoms with Crippen LogP contribution in [-0.2, 0) is 0 Å². The first kappa shape index (κ1) is 12.3. The fourth-order valence-corrected chi connectivity index (χ4v) is 1.48. The van der Waals surface area contributed by atoms with Crippen molar-refractivity contribution in [2.24, 2.45) is 0 Å². The molecule has 2 N–H and O–H groups in total. The molecule has 2 aromatic rings. The Morgan fingerprint density at radius 1 is 1.33 bits per heavy atom. The van der Waals surface area contributed by atoms with Gasteiger partial charge in [0.15, 0.2) is 11.5 Å². The summed E-state index contributed by atoms with van der Waals surface area (Å²) in [6.45, 7) is 0. The maximum atomic E-state index is 13.0. The molecule has 0 fully saturated rings. The first-order valence-electron chi connectivity index (χ1n) is 4.84. The highest BCUT2D eigenvalue weighted by Gasteiger charge is 2.13. The monoisotopic (exact) mass is 267 g/mol. The Bertz CT molecular complexity index is 607. The fraction of sp³-hybridized carbons (Fsp3) is 0. The van der Waals surface area contributed by atoms with E-state index < -0.39 is 11.8 Å². The summed E-state index contributed by atoms with van der Waals surface area (Å²) >= 11 is 5.62. The predicted molar refractivity (Wildman–Crippen MR) is 63.7 cm³/mol. The van der Waals surface area contributed by atoms with Crippen LogP contribution in [0.1, 0.15) is 10.5 Å². The Labute approximate surface area is 106 Å². The van der Waals surface area contributed by atoms with E-state index in [1.807, 2.05) is 0 Å². The molecule has 0 saturated carbocycles. The molecule has 0 spiro atoms. The zero-order valence-corrected chi connectivity index (χ0v) is 9.65. The Balaban J connectivity index is 2.34. The predicted octanol–water partition coefficient (Wildman–Crippen LogP) is 2.71. The summed E-state index contributed by atoms with van der Waals surface area (Å²) in [4.78, 5) is 18.4. The lowest BCUT2D eigenvalue weighted by Crippen LogP contribution is -2.07. The highest BCUT2D eigenvalue weighted by Crippen LogP contribution is 2.22. The van der Waals surface area contributed by atoms with E-state index >= 15 is 0 Å². The molecule has 1 aromatic carbocycles. The van der Waals surface area contributed by atoms with Gasteiger partial charge in [-0.15, -0.1) is 0 Å². The lowest BCUT2D eigenvalue weighted by Gasteiger charge is -2.07. The van der Waals surface area contributed by atoms with Crippen LogP contribution in [0.3, 0.4) is 0 Å². The van der Waals surface area contributed by atoms with Crippen molar-refractivity contribution < 1.29 is 14.3 Å². The lowest BCUT2D eigenvalue weighted by atomic mass is 10.3. The minimum Gasteiger partial charge on any atom is -0.476 e. The number of anilines is 2. The van der Waals surface area contributed by atoms with Crippen molar-refractivity contribution in [3.63, 3.8) is 0 Å². The maximum absolute atomic E-state index is 13.0. The average Bonchev–Trinajstić information content (AvgIpc) is 2.34. The molecule has 0 aliphatic carbocycles. The van der Waals surface area contributed by atoms with E-state index in [0.29, 0.717) is 5.69 Å². The van der Waals surface area contributed by atoms with Gasteiger partial charge in [0.05, 0.1) is 5.02 Å². The molecule has 0 bridgehead atoms. The molecule has 1 aromatic heterocycles. The van der Waals surface area contributed by atoms with E-state index in [-0.39, 0.29) is 16.5 Å². The van der Waals surface area contributed by atoms with E-state index in [0.717, 1.165) is 0 Å². The molecule has 1 heterocycles. The summed E-state index contributed by atoms with van der Waals surface area (Å²) in [5, 5.41) is 11.6. The molecular weight excluding hydrogens is 261 g/mol. The van der Waals surface area contributed by atoms with Gasteiger partial charge in [-0.1, -0.05) is 11.6 Å². The number of carboxylic acids is 1. The van der Waals surface area contributed by atoms with Crippen LogP contribution >= 0.6 is 11.6 Å². The number of carboxylic acid groups (broad SMARTS) is 1. The summed E-state index contributed by atoms with van der Waals surface area (Å²) in [7, 11) is 0. The van der Waals surface area contributed by atoms with Crippen LogP contribution in [0.25, 0.3) is 0 Å². The van der Waals surface area contributed by atoms with Gasteiger partial charge in [-0.05, 0) is 18.2 Å². The standard InChI is InChI=1S/C11H7ClFN3O2/c12-7-5-6(1-2-8(7)13)16-10-9(11(17)18)14-3-4-15-10/h1-5H,(H,15,16)(H,17,18). The quantitative estimate of drug-likeness (QED) is 0.894. The Morgan fingerprint density at radius 3 is 2.72 bits per heavy atom. The number of halogens is 2. The molecule has 0 saturated heterocycles. The van der Waals surface area contributed by atoms with Crippen LogP contribution in [0.5, 0.6) is 0 Å². The number of carbonyl (C=O) groups is 1. The topological polar surface area (TPSA) is 75.1 Å². The van der Waals surface area contributed by atoms with Crippen molar-refractivity contribution in [1.29, 1.82) is 0 Å². The van der Waals surface area contributed by atoms with Gasteiger partial charge in [-0.2, -0.15) is 0 Å². The maximum Gasteiger partial charge on any atom is 0.358 e. The van der Waals surface area contributed by atoms with E-state index in [1.54, 1.807) is 0 Å². The first-order chi connectivity index (χ1) is 8.58. The Kier molecular flexibility index (Phi) is 3.38. The number of benzene rings is 1. The Hall–Kier alpha value is -2.21. The molecule has 0 unspecified atom stereocenters. The van der Waals surface area contributed by atoms with Gasteiger partial charge in [-0.25, -0.2) is 19.2 Å². The number of nitrogens with zero attached hydrogens (tertiary/aromatic N) is 2. The number of aromatic nitrogens is 2. The minimum atomic E-state index is -1.21. The zero-order chi connectivity index (χ0) is 13.1. The number of hydrogen-bond donors (Lipinski definition) is 2. The van der Waals surface area contributed by atoms with E-state index in [4.69, 9.17) is 16.7 Å². The average molecular weight is 268 g/mol. The van der Waals surface area contributed by atoms with E-state index in [2.05, 4.69) is 15.3 Å². The van der Waals surface area contributed by atoms with Gasteiger partial charge in [-0.3, -0.25) is 0 Å². The van der Waals surface area contributed by atoms with E-state index in [1.165, 1.54) is 30.6 Å². The van der Waals surface area contributed by atoms with Crippen molar-refractivity contribution in [1.82, 2.24) is 9.97 Å². The second-order valence-corrected chi connectivity index (χ2v) is 3.72. The number of nitrogens with one attached hydrogen (secondary N) is 1. The molecule has 0 radical (unpaired) electrons. The summed E-state index contributed by atoms with van der Waals surface area (Å²) in [5.41, 5.74) is 0.197. The molecule has 0 amide bonds. The van der Waals surface area contributed by atoms with Crippen LogP contribution in [0.2, 0.25) is 5.02 Å². The first-order valence-corrected chi connectivity index (χ1v) is 5.22. The highest BCUT2D eigenvalue weighted by molar-refractivity contribution is 6.31. The molecule has 7 heteroatoms. The van der Waals surface area contributed by atoms with Crippen LogP contribution in [0, 0.1) is 5.82 Å². The van der Waals surface area contributed by atoms with Crippen molar-refractivity contribution in [3.05, 3.63) is 47.1 Å². The summed E-state index contributed by atoms with van der Waals surface area (Å²) in [6, 6.07) is 3.92. The molecule has 18 heavy (non-hydrogen) atoms. The largest absolute Gasteiger partial charge is 0.476 e. The summed E-state index contributed by atoms with van der Waals surface area (Å²) in [5.74, 6) is -1.70. The van der Waals surface area contributed by atoms with Crippen molar-refractivity contribution >= 4 is 29.1 Å². The SMILES string of the molecule is O=C(O)c1nccnc1Nc1ccc(F)c(Cl)c1. The van der Waals surface area contributed by atoms with Gasteiger partial charge in [0.25, 0.3) is 0 Å². The van der Waals surface area contributed by atoms with E-state index in [9.17, 15) is 9.18 Å². The van der Waals surface area contributed by atoms with Gasteiger partial charge >= 0.3 is 5.97 Å². The zero-order valence-electron chi connectivity index (χ0n) is 8.89. The number of hydrogen-bond acceptors (Lipinski definition) is 4.